The number of benzene rings is 1. The van der Waals surface area contributed by atoms with E-state index in [9.17, 15) is 9.59 Å². The number of H-pyrrole nitrogens is 1. The Morgan fingerprint density at radius 1 is 1.54 bits per heavy atom. The van der Waals surface area contributed by atoms with Crippen LogP contribution in [-0.4, -0.2) is 48.8 Å². The molecule has 1 aliphatic heterocycles. The molecule has 2 N–H and O–H groups in total. The summed E-state index contributed by atoms with van der Waals surface area (Å²) in [7, 11) is 1.63. The molecule has 0 bridgehead atoms. The van der Waals surface area contributed by atoms with E-state index >= 15 is 0 Å². The van der Waals surface area contributed by atoms with Gasteiger partial charge in [0.25, 0.3) is 0 Å². The lowest BCUT2D eigenvalue weighted by Crippen LogP contribution is -2.34. The molecule has 2 aromatic rings. The Kier molecular flexibility index (Phi) is 5.15. The summed E-state index contributed by atoms with van der Waals surface area (Å²) in [4.78, 5) is 26.1. The van der Waals surface area contributed by atoms with Crippen molar-refractivity contribution < 1.29 is 14.3 Å². The average Bonchev–Trinajstić information content (AvgIpc) is 3.14. The van der Waals surface area contributed by atoms with E-state index in [-0.39, 0.29) is 24.2 Å². The van der Waals surface area contributed by atoms with Crippen LogP contribution < -0.4 is 10.2 Å². The third-order valence-electron chi connectivity index (χ3n) is 4.08. The van der Waals surface area contributed by atoms with Gasteiger partial charge in [0.05, 0.1) is 11.4 Å². The van der Waals surface area contributed by atoms with E-state index in [0.717, 1.165) is 21.8 Å². The molecule has 7 nitrogen and oxygen atoms in total. The van der Waals surface area contributed by atoms with Gasteiger partial charge in [-0.3, -0.25) is 19.6 Å². The number of hydrogen-bond donors (Lipinski definition) is 2. The van der Waals surface area contributed by atoms with E-state index in [0.29, 0.717) is 25.5 Å². The van der Waals surface area contributed by atoms with Crippen LogP contribution in [0.2, 0.25) is 0 Å². The Balaban J connectivity index is 1.69. The summed E-state index contributed by atoms with van der Waals surface area (Å²) in [6.07, 6.45) is 0.965. The van der Waals surface area contributed by atoms with Gasteiger partial charge in [-0.05, 0) is 24.6 Å². The van der Waals surface area contributed by atoms with Crippen LogP contribution in [0.4, 0.5) is 5.82 Å². The molecule has 0 unspecified atom stereocenters. The van der Waals surface area contributed by atoms with Crippen LogP contribution in [0.3, 0.4) is 0 Å². The molecule has 8 heteroatoms. The van der Waals surface area contributed by atoms with Gasteiger partial charge in [-0.15, -0.1) is 0 Å². The Morgan fingerprint density at radius 2 is 2.38 bits per heavy atom. The second kappa shape index (κ2) is 7.31. The number of carbonyl (C=O) groups excluding carboxylic acids is 2. The molecule has 0 saturated carbocycles. The lowest BCUT2D eigenvalue weighted by atomic mass is 10.1. The highest BCUT2D eigenvalue weighted by Gasteiger charge is 2.36. The van der Waals surface area contributed by atoms with Gasteiger partial charge in [0.1, 0.15) is 0 Å². The highest BCUT2D eigenvalue weighted by Crippen LogP contribution is 2.31. The maximum absolute atomic E-state index is 12.3. The molecule has 1 fully saturated rings. The largest absolute Gasteiger partial charge is 0.385 e. The van der Waals surface area contributed by atoms with Gasteiger partial charge in [0.15, 0.2) is 5.82 Å². The van der Waals surface area contributed by atoms with Crippen LogP contribution in [0.1, 0.15) is 12.8 Å². The number of ether oxygens (including phenoxy) is 1. The topological polar surface area (TPSA) is 87.3 Å². The van der Waals surface area contributed by atoms with Gasteiger partial charge in [-0.1, -0.05) is 15.9 Å². The number of carbonyl (C=O) groups is 2. The number of halogens is 1. The number of amides is 2. The van der Waals surface area contributed by atoms with E-state index in [1.165, 1.54) is 0 Å². The molecule has 2 heterocycles. The molecule has 1 aliphatic rings. The van der Waals surface area contributed by atoms with Gasteiger partial charge in [0.2, 0.25) is 11.8 Å². The lowest BCUT2D eigenvalue weighted by molar-refractivity contribution is -0.126. The first-order chi connectivity index (χ1) is 11.6. The van der Waals surface area contributed by atoms with Crippen LogP contribution in [-0.2, 0) is 14.3 Å². The fraction of sp³-hybridized carbons (Fsp3) is 0.438. The van der Waals surface area contributed by atoms with Gasteiger partial charge in [-0.25, -0.2) is 0 Å². The highest BCUT2D eigenvalue weighted by molar-refractivity contribution is 9.10. The SMILES string of the molecule is COCCCNC(=O)[C@@H]1CC(=O)N(c2n[nH]c3cc(Br)ccc23)C1. The molecule has 1 saturated heterocycles. The van der Waals surface area contributed by atoms with Crippen molar-refractivity contribution in [3.05, 3.63) is 22.7 Å². The molecular formula is C16H19BrN4O3. The lowest BCUT2D eigenvalue weighted by Gasteiger charge is -2.14. The zero-order valence-corrected chi connectivity index (χ0v) is 14.9. The Labute approximate surface area is 147 Å². The summed E-state index contributed by atoms with van der Waals surface area (Å²) in [6.45, 7) is 1.51. The van der Waals surface area contributed by atoms with Crippen LogP contribution in [0.5, 0.6) is 0 Å². The average molecular weight is 395 g/mol. The van der Waals surface area contributed by atoms with E-state index in [4.69, 9.17) is 4.74 Å². The third-order valence-corrected chi connectivity index (χ3v) is 4.57. The quantitative estimate of drug-likeness (QED) is 0.731. The van der Waals surface area contributed by atoms with Crippen LogP contribution in [0.15, 0.2) is 22.7 Å². The summed E-state index contributed by atoms with van der Waals surface area (Å²) in [5.41, 5.74) is 0.847. The number of nitrogens with one attached hydrogen (secondary N) is 2. The smallest absolute Gasteiger partial charge is 0.229 e. The summed E-state index contributed by atoms with van der Waals surface area (Å²) >= 11 is 3.41. The number of hydrogen-bond acceptors (Lipinski definition) is 4. The van der Waals surface area contributed by atoms with Gasteiger partial charge >= 0.3 is 0 Å². The first-order valence-electron chi connectivity index (χ1n) is 7.81. The van der Waals surface area contributed by atoms with Crippen molar-refractivity contribution in [3.63, 3.8) is 0 Å². The molecule has 2 amide bonds. The first-order valence-corrected chi connectivity index (χ1v) is 8.60. The minimum Gasteiger partial charge on any atom is -0.385 e. The Bertz CT molecular complexity index is 761. The molecule has 0 spiro atoms. The van der Waals surface area contributed by atoms with Crippen molar-refractivity contribution in [3.8, 4) is 0 Å². The number of aromatic nitrogens is 2. The first kappa shape index (κ1) is 16.9. The minimum absolute atomic E-state index is 0.0802. The molecular weight excluding hydrogens is 376 g/mol. The molecule has 128 valence electrons. The van der Waals surface area contributed by atoms with Crippen LogP contribution >= 0.6 is 15.9 Å². The number of rotatable bonds is 6. The van der Waals surface area contributed by atoms with E-state index in [1.807, 2.05) is 18.2 Å². The summed E-state index contributed by atoms with van der Waals surface area (Å²) in [6, 6.07) is 5.72. The van der Waals surface area contributed by atoms with Crippen molar-refractivity contribution >= 4 is 44.5 Å². The van der Waals surface area contributed by atoms with Gasteiger partial charge in [0, 0.05) is 43.1 Å². The zero-order valence-electron chi connectivity index (χ0n) is 13.3. The van der Waals surface area contributed by atoms with Crippen molar-refractivity contribution in [2.75, 3.05) is 31.7 Å². The maximum atomic E-state index is 12.3. The van der Waals surface area contributed by atoms with Gasteiger partial charge in [-0.2, -0.15) is 5.10 Å². The van der Waals surface area contributed by atoms with Gasteiger partial charge < -0.3 is 10.1 Å². The van der Waals surface area contributed by atoms with E-state index in [1.54, 1.807) is 12.0 Å². The molecule has 0 radical (unpaired) electrons. The zero-order chi connectivity index (χ0) is 17.1. The van der Waals surface area contributed by atoms with E-state index in [2.05, 4.69) is 31.4 Å². The summed E-state index contributed by atoms with van der Waals surface area (Å²) in [5.74, 6) is 0.0623. The fourth-order valence-electron chi connectivity index (χ4n) is 2.84. The predicted octanol–water partition coefficient (Wildman–Crippen LogP) is 1.83. The molecule has 0 aliphatic carbocycles. The second-order valence-electron chi connectivity index (χ2n) is 5.78. The Morgan fingerprint density at radius 3 is 3.17 bits per heavy atom. The predicted molar refractivity (Wildman–Crippen MR) is 93.8 cm³/mol. The van der Waals surface area contributed by atoms with Crippen LogP contribution in [0.25, 0.3) is 10.9 Å². The van der Waals surface area contributed by atoms with Crippen molar-refractivity contribution in [1.82, 2.24) is 15.5 Å². The highest BCUT2D eigenvalue weighted by atomic mass is 79.9. The number of aromatic amines is 1. The summed E-state index contributed by atoms with van der Waals surface area (Å²) < 4.78 is 5.89. The monoisotopic (exact) mass is 394 g/mol. The molecule has 1 aromatic carbocycles. The normalized spacial score (nSPS) is 17.7. The second-order valence-corrected chi connectivity index (χ2v) is 6.70. The van der Waals surface area contributed by atoms with Crippen molar-refractivity contribution in [2.45, 2.75) is 12.8 Å². The molecule has 1 aromatic heterocycles. The molecule has 24 heavy (non-hydrogen) atoms. The van der Waals surface area contributed by atoms with E-state index < -0.39 is 0 Å². The molecule has 3 rings (SSSR count). The summed E-state index contributed by atoms with van der Waals surface area (Å²) in [5, 5.41) is 10.9. The van der Waals surface area contributed by atoms with Crippen molar-refractivity contribution in [1.29, 1.82) is 0 Å². The minimum atomic E-state index is -0.345. The Hall–Kier alpha value is -1.93. The van der Waals surface area contributed by atoms with Crippen molar-refractivity contribution in [2.24, 2.45) is 5.92 Å². The number of methoxy groups -OCH3 is 1. The number of nitrogens with zero attached hydrogens (tertiary/aromatic N) is 2. The molecule has 1 atom stereocenters. The standard InChI is InChI=1S/C16H19BrN4O3/c1-24-6-2-5-18-16(23)10-7-14(22)21(9-10)15-12-4-3-11(17)8-13(12)19-20-15/h3-4,8,10H,2,5-7,9H2,1H3,(H,18,23)(H,19,20)/t10-/m1/s1. The number of anilines is 1. The third kappa shape index (κ3) is 3.44. The number of fused-ring (bicyclic) bond motifs is 1. The van der Waals surface area contributed by atoms with Crippen LogP contribution in [0, 0.1) is 5.92 Å². The fourth-order valence-corrected chi connectivity index (χ4v) is 3.20. The maximum Gasteiger partial charge on any atom is 0.229 e.